The van der Waals surface area contributed by atoms with Gasteiger partial charge in [-0.2, -0.15) is 0 Å². The van der Waals surface area contributed by atoms with Crippen molar-refractivity contribution in [1.82, 2.24) is 10.1 Å². The standard InChI is InChI=1S/C18H33BN2O4/c1-9-25-17(24)13(4)10-14(12(2)3)21(8)16(23)15(18(5,6)7)20-19-11-22/h10-12,14-15,19-20H,9H2,1-8H3/b13-10+/t14-,15-/m1/s1. The molecule has 0 aromatic heterocycles. The van der Waals surface area contributed by atoms with Crippen LogP contribution in [0, 0.1) is 11.3 Å². The molecule has 0 spiro atoms. The Hall–Kier alpha value is -1.63. The van der Waals surface area contributed by atoms with Crippen molar-refractivity contribution in [3.05, 3.63) is 11.6 Å². The zero-order chi connectivity index (χ0) is 19.8. The molecule has 2 atom stereocenters. The van der Waals surface area contributed by atoms with Crippen LogP contribution >= 0.6 is 0 Å². The third kappa shape index (κ3) is 7.42. The van der Waals surface area contributed by atoms with Crippen LogP contribution in [-0.4, -0.2) is 56.1 Å². The average molecular weight is 352 g/mol. The molecule has 0 rings (SSSR count). The van der Waals surface area contributed by atoms with E-state index in [4.69, 9.17) is 4.74 Å². The minimum atomic E-state index is -0.500. The molecule has 0 aromatic carbocycles. The molecule has 7 heteroatoms. The largest absolute Gasteiger partial charge is 0.463 e. The van der Waals surface area contributed by atoms with Crippen LogP contribution in [0.1, 0.15) is 48.5 Å². The normalized spacial score (nSPS) is 14.7. The SMILES string of the molecule is CCOC(=O)/C(C)=C/[C@H](C(C)C)N(C)C(=O)[C@@H](NBC=O)C(C)(C)C. The van der Waals surface area contributed by atoms with E-state index in [9.17, 15) is 14.4 Å². The van der Waals surface area contributed by atoms with Crippen LogP contribution in [0.3, 0.4) is 0 Å². The molecule has 1 N–H and O–H groups in total. The molecule has 0 aliphatic heterocycles. The lowest BCUT2D eigenvalue weighted by molar-refractivity contribution is -0.139. The summed E-state index contributed by atoms with van der Waals surface area (Å²) in [6, 6.07) is -0.750. The van der Waals surface area contributed by atoms with E-state index < -0.39 is 6.04 Å². The van der Waals surface area contributed by atoms with Crippen LogP contribution in [-0.2, 0) is 19.1 Å². The number of esters is 1. The molecule has 0 heterocycles. The quantitative estimate of drug-likeness (QED) is 0.295. The summed E-state index contributed by atoms with van der Waals surface area (Å²) in [7, 11) is 1.84. The highest BCUT2D eigenvalue weighted by molar-refractivity contribution is 6.64. The third-order valence-electron chi connectivity index (χ3n) is 4.01. The predicted octanol–water partition coefficient (Wildman–Crippen LogP) is 1.52. The minimum Gasteiger partial charge on any atom is -0.463 e. The summed E-state index contributed by atoms with van der Waals surface area (Å²) in [6.45, 7) is 13.6. The number of amides is 1. The number of likely N-dealkylation sites (N-methyl/N-ethyl adjacent to an activating group) is 1. The molecule has 0 saturated heterocycles. The van der Waals surface area contributed by atoms with Gasteiger partial charge in [-0.1, -0.05) is 40.7 Å². The monoisotopic (exact) mass is 352 g/mol. The Morgan fingerprint density at radius 2 is 1.84 bits per heavy atom. The summed E-state index contributed by atoms with van der Waals surface area (Å²) < 4.78 is 5.02. The second-order valence-corrected chi connectivity index (χ2v) is 7.63. The Bertz CT molecular complexity index is 498. The molecular weight excluding hydrogens is 319 g/mol. The van der Waals surface area contributed by atoms with Crippen LogP contribution in [0.5, 0.6) is 0 Å². The number of rotatable bonds is 9. The second-order valence-electron chi connectivity index (χ2n) is 7.63. The van der Waals surface area contributed by atoms with Gasteiger partial charge in [0.2, 0.25) is 5.91 Å². The van der Waals surface area contributed by atoms with Gasteiger partial charge in [-0.05, 0) is 25.2 Å². The lowest BCUT2D eigenvalue weighted by Crippen LogP contribution is -2.56. The maximum atomic E-state index is 13.0. The summed E-state index contributed by atoms with van der Waals surface area (Å²) in [5.74, 6) is -0.369. The van der Waals surface area contributed by atoms with Crippen molar-refractivity contribution in [2.24, 2.45) is 11.3 Å². The smallest absolute Gasteiger partial charge is 0.333 e. The number of ether oxygens (including phenoxy) is 1. The van der Waals surface area contributed by atoms with Gasteiger partial charge in [0, 0.05) is 12.6 Å². The van der Waals surface area contributed by atoms with Gasteiger partial charge in [0.05, 0.1) is 24.9 Å². The van der Waals surface area contributed by atoms with E-state index in [2.05, 4.69) is 5.23 Å². The van der Waals surface area contributed by atoms with Crippen molar-refractivity contribution in [1.29, 1.82) is 0 Å². The number of nitrogens with one attached hydrogen (secondary N) is 1. The Morgan fingerprint density at radius 3 is 2.24 bits per heavy atom. The Morgan fingerprint density at radius 1 is 1.28 bits per heavy atom. The fourth-order valence-corrected chi connectivity index (χ4v) is 2.60. The van der Waals surface area contributed by atoms with E-state index in [1.165, 1.54) is 0 Å². The predicted molar refractivity (Wildman–Crippen MR) is 102 cm³/mol. The second kappa shape index (κ2) is 10.4. The van der Waals surface area contributed by atoms with Crippen molar-refractivity contribution >= 4 is 25.5 Å². The zero-order valence-corrected chi connectivity index (χ0v) is 16.9. The first-order valence-electron chi connectivity index (χ1n) is 8.76. The van der Waals surface area contributed by atoms with Gasteiger partial charge in [0.1, 0.15) is 0 Å². The molecule has 0 saturated carbocycles. The average Bonchev–Trinajstić information content (AvgIpc) is 2.50. The molecule has 6 nitrogen and oxygen atoms in total. The van der Waals surface area contributed by atoms with Crippen molar-refractivity contribution in [3.8, 4) is 0 Å². The number of carbonyl (C=O) groups excluding carboxylic acids is 3. The number of hydrogen-bond donors (Lipinski definition) is 1. The van der Waals surface area contributed by atoms with E-state index >= 15 is 0 Å². The van der Waals surface area contributed by atoms with Gasteiger partial charge in [-0.3, -0.25) is 4.79 Å². The molecule has 0 radical (unpaired) electrons. The van der Waals surface area contributed by atoms with Crippen LogP contribution in [0.15, 0.2) is 11.6 Å². The third-order valence-corrected chi connectivity index (χ3v) is 4.01. The van der Waals surface area contributed by atoms with Gasteiger partial charge < -0.3 is 19.7 Å². The van der Waals surface area contributed by atoms with E-state index in [1.54, 1.807) is 31.9 Å². The maximum Gasteiger partial charge on any atom is 0.333 e. The fraction of sp³-hybridized carbons (Fsp3) is 0.722. The highest BCUT2D eigenvalue weighted by atomic mass is 16.5. The molecule has 25 heavy (non-hydrogen) atoms. The summed E-state index contributed by atoms with van der Waals surface area (Å²) in [4.78, 5) is 37.2. The van der Waals surface area contributed by atoms with E-state index in [0.29, 0.717) is 12.2 Å². The number of hydrogen-bond acceptors (Lipinski definition) is 5. The summed E-state index contributed by atoms with van der Waals surface area (Å²) in [6.07, 6.45) is 2.52. The van der Waals surface area contributed by atoms with Crippen molar-refractivity contribution in [2.45, 2.75) is 60.5 Å². The summed E-state index contributed by atoms with van der Waals surface area (Å²) >= 11 is 0. The van der Waals surface area contributed by atoms with E-state index in [1.807, 2.05) is 34.6 Å². The first-order valence-corrected chi connectivity index (χ1v) is 8.76. The molecule has 0 bridgehead atoms. The van der Waals surface area contributed by atoms with Gasteiger partial charge >= 0.3 is 5.97 Å². The zero-order valence-electron chi connectivity index (χ0n) is 16.9. The van der Waals surface area contributed by atoms with Gasteiger partial charge in [0.25, 0.3) is 7.41 Å². The van der Waals surface area contributed by atoms with Crippen molar-refractivity contribution in [2.75, 3.05) is 13.7 Å². The topological polar surface area (TPSA) is 75.7 Å². The Balaban J connectivity index is 5.53. The van der Waals surface area contributed by atoms with Gasteiger partial charge in [-0.25, -0.2) is 4.79 Å². The minimum absolute atomic E-state index is 0.110. The highest BCUT2D eigenvalue weighted by Gasteiger charge is 2.35. The van der Waals surface area contributed by atoms with E-state index in [0.717, 1.165) is 6.19 Å². The number of nitrogens with zero attached hydrogens (tertiary/aromatic N) is 1. The first kappa shape index (κ1) is 23.4. The summed E-state index contributed by atoms with van der Waals surface area (Å²) in [5.41, 5.74) is 0.129. The molecule has 0 aromatic rings. The van der Waals surface area contributed by atoms with E-state index in [-0.39, 0.29) is 36.7 Å². The van der Waals surface area contributed by atoms with Gasteiger partial charge in [0.15, 0.2) is 0 Å². The van der Waals surface area contributed by atoms with Gasteiger partial charge in [-0.15, -0.1) is 0 Å². The van der Waals surface area contributed by atoms with Crippen LogP contribution in [0.25, 0.3) is 0 Å². The lowest BCUT2D eigenvalue weighted by atomic mass is 9.81. The van der Waals surface area contributed by atoms with Crippen molar-refractivity contribution in [3.63, 3.8) is 0 Å². The fourth-order valence-electron chi connectivity index (χ4n) is 2.60. The van der Waals surface area contributed by atoms with Crippen LogP contribution in [0.2, 0.25) is 0 Å². The molecule has 0 aliphatic rings. The Labute approximate surface area is 152 Å². The van der Waals surface area contributed by atoms with Crippen molar-refractivity contribution < 1.29 is 19.1 Å². The lowest BCUT2D eigenvalue weighted by Gasteiger charge is -2.37. The number of carbonyl (C=O) groups is 3. The molecular formula is C18H33BN2O4. The molecule has 0 aliphatic carbocycles. The maximum absolute atomic E-state index is 13.0. The summed E-state index contributed by atoms with van der Waals surface area (Å²) in [5, 5.41) is 3.01. The Kier molecular flexibility index (Phi) is 9.71. The molecule has 0 fully saturated rings. The van der Waals surface area contributed by atoms with Crippen LogP contribution in [0.4, 0.5) is 0 Å². The molecule has 1 amide bonds. The molecule has 0 unspecified atom stereocenters. The van der Waals surface area contributed by atoms with Crippen LogP contribution < -0.4 is 5.23 Å². The highest BCUT2D eigenvalue weighted by Crippen LogP contribution is 2.23. The molecule has 142 valence electrons. The first-order chi connectivity index (χ1) is 11.5.